The number of carbonyl (C=O) groups excluding carboxylic acids is 3. The minimum Gasteiger partial charge on any atom is -0.457 e. The molecule has 0 radical (unpaired) electrons. The number of rotatable bonds is 2. The van der Waals surface area contributed by atoms with E-state index in [1.54, 1.807) is 0 Å². The molecule has 2 aromatic rings. The Morgan fingerprint density at radius 1 is 0.906 bits per heavy atom. The first-order valence-electron chi connectivity index (χ1n) is 11.3. The molecule has 2 aliphatic rings. The molecule has 2 aromatic carbocycles. The van der Waals surface area contributed by atoms with Crippen LogP contribution >= 0.6 is 0 Å². The van der Waals surface area contributed by atoms with Crippen molar-refractivity contribution >= 4 is 17.7 Å². The molecule has 0 saturated heterocycles. The molecule has 7 heteroatoms. The maximum atomic E-state index is 13.0. The smallest absolute Gasteiger partial charge is 0.243 e. The minimum atomic E-state index is -0.730. The van der Waals surface area contributed by atoms with Gasteiger partial charge in [0.1, 0.15) is 17.5 Å². The van der Waals surface area contributed by atoms with Gasteiger partial charge in [-0.3, -0.25) is 14.4 Å². The van der Waals surface area contributed by atoms with E-state index >= 15 is 0 Å². The molecule has 0 aromatic heterocycles. The Balaban J connectivity index is 1.57. The molecule has 0 spiro atoms. The molecule has 168 valence electrons. The third-order valence-electron chi connectivity index (χ3n) is 5.91. The highest BCUT2D eigenvalue weighted by atomic mass is 16.5. The first-order chi connectivity index (χ1) is 15.5. The van der Waals surface area contributed by atoms with Crippen LogP contribution in [0.5, 0.6) is 11.5 Å². The highest BCUT2D eigenvalue weighted by Crippen LogP contribution is 2.24. The number of nitrogens with one attached hydrogen (secondary N) is 3. The van der Waals surface area contributed by atoms with E-state index in [-0.39, 0.29) is 36.7 Å². The predicted octanol–water partition coefficient (Wildman–Crippen LogP) is 2.63. The third-order valence-corrected chi connectivity index (χ3v) is 5.91. The molecule has 1 saturated carbocycles. The van der Waals surface area contributed by atoms with Crippen LogP contribution in [-0.4, -0.2) is 36.3 Å². The molecular formula is C25H29N3O4. The number of ether oxygens (including phenoxy) is 1. The molecule has 1 atom stereocenters. The number of amides is 3. The summed E-state index contributed by atoms with van der Waals surface area (Å²) in [5.41, 5.74) is 1.86. The summed E-state index contributed by atoms with van der Waals surface area (Å²) in [6, 6.07) is 14.6. The van der Waals surface area contributed by atoms with Crippen LogP contribution < -0.4 is 20.7 Å². The second-order valence-electron chi connectivity index (χ2n) is 8.49. The molecule has 4 rings (SSSR count). The van der Waals surface area contributed by atoms with Crippen LogP contribution in [0.15, 0.2) is 48.5 Å². The molecule has 1 heterocycles. The summed E-state index contributed by atoms with van der Waals surface area (Å²) in [4.78, 5) is 37.7. The third kappa shape index (κ3) is 6.09. The summed E-state index contributed by atoms with van der Waals surface area (Å²) in [6.07, 6.45) is 5.27. The molecule has 3 N–H and O–H groups in total. The van der Waals surface area contributed by atoms with Crippen LogP contribution in [-0.2, 0) is 27.2 Å². The first-order valence-corrected chi connectivity index (χ1v) is 11.3. The summed E-state index contributed by atoms with van der Waals surface area (Å²) in [7, 11) is 0. The summed E-state index contributed by atoms with van der Waals surface area (Å²) in [5, 5.41) is 8.52. The summed E-state index contributed by atoms with van der Waals surface area (Å²) < 4.78 is 6.02. The van der Waals surface area contributed by atoms with Crippen molar-refractivity contribution in [3.8, 4) is 11.5 Å². The summed E-state index contributed by atoms with van der Waals surface area (Å²) in [5.74, 6) is 0.556. The predicted molar refractivity (Wildman–Crippen MR) is 120 cm³/mol. The number of benzene rings is 2. The van der Waals surface area contributed by atoms with Crippen molar-refractivity contribution in [2.24, 2.45) is 0 Å². The Hall–Kier alpha value is -3.35. The van der Waals surface area contributed by atoms with Crippen LogP contribution in [0.3, 0.4) is 0 Å². The lowest BCUT2D eigenvalue weighted by Gasteiger charge is -2.22. The van der Waals surface area contributed by atoms with Crippen molar-refractivity contribution in [1.29, 1.82) is 0 Å². The molecule has 1 aliphatic carbocycles. The highest BCUT2D eigenvalue weighted by Gasteiger charge is 2.25. The maximum absolute atomic E-state index is 13.0. The van der Waals surface area contributed by atoms with Crippen molar-refractivity contribution in [2.45, 2.75) is 57.0 Å². The monoisotopic (exact) mass is 435 g/mol. The molecule has 3 amide bonds. The van der Waals surface area contributed by atoms with Gasteiger partial charge in [0.2, 0.25) is 17.7 Å². The van der Waals surface area contributed by atoms with E-state index < -0.39 is 6.04 Å². The van der Waals surface area contributed by atoms with Crippen LogP contribution in [0, 0.1) is 0 Å². The quantitative estimate of drug-likeness (QED) is 0.676. The normalized spacial score (nSPS) is 20.1. The van der Waals surface area contributed by atoms with Gasteiger partial charge in [-0.1, -0.05) is 37.1 Å². The van der Waals surface area contributed by atoms with Crippen LogP contribution in [0.2, 0.25) is 0 Å². The van der Waals surface area contributed by atoms with Gasteiger partial charge in [0, 0.05) is 18.9 Å². The zero-order valence-corrected chi connectivity index (χ0v) is 18.1. The Bertz CT molecular complexity index is 985. The second kappa shape index (κ2) is 10.3. The number of hydrogen-bond donors (Lipinski definition) is 3. The molecule has 1 aliphatic heterocycles. The van der Waals surface area contributed by atoms with Gasteiger partial charge < -0.3 is 20.7 Å². The Labute approximate surface area is 187 Å². The van der Waals surface area contributed by atoms with Crippen molar-refractivity contribution in [1.82, 2.24) is 16.0 Å². The SMILES string of the molecule is O=C1CCc2cccc(c2)Oc2cccc(c2)CC(C(=O)NC2CCCC2)NC(=O)CN1. The zero-order chi connectivity index (χ0) is 22.3. The van der Waals surface area contributed by atoms with Crippen molar-refractivity contribution in [3.63, 3.8) is 0 Å². The minimum absolute atomic E-state index is 0.154. The Morgan fingerprint density at radius 2 is 1.59 bits per heavy atom. The Morgan fingerprint density at radius 3 is 2.34 bits per heavy atom. The van der Waals surface area contributed by atoms with Crippen LogP contribution in [0.4, 0.5) is 0 Å². The molecule has 1 unspecified atom stereocenters. The first kappa shape index (κ1) is 21.9. The average Bonchev–Trinajstić information content (AvgIpc) is 3.29. The van der Waals surface area contributed by atoms with E-state index in [0.29, 0.717) is 24.3 Å². The van der Waals surface area contributed by atoms with Gasteiger partial charge in [0.15, 0.2) is 0 Å². The maximum Gasteiger partial charge on any atom is 0.243 e. The van der Waals surface area contributed by atoms with Gasteiger partial charge in [-0.2, -0.15) is 0 Å². The van der Waals surface area contributed by atoms with E-state index in [1.807, 2.05) is 48.5 Å². The lowest BCUT2D eigenvalue weighted by atomic mass is 10.0. The topological polar surface area (TPSA) is 96.5 Å². The fourth-order valence-electron chi connectivity index (χ4n) is 4.22. The lowest BCUT2D eigenvalue weighted by Crippen LogP contribution is -2.52. The fraction of sp³-hybridized carbons (Fsp3) is 0.400. The van der Waals surface area contributed by atoms with Crippen molar-refractivity contribution in [3.05, 3.63) is 59.7 Å². The molecule has 32 heavy (non-hydrogen) atoms. The van der Waals surface area contributed by atoms with Crippen LogP contribution in [0.25, 0.3) is 0 Å². The Kier molecular flexibility index (Phi) is 7.04. The number of fused-ring (bicyclic) bond motifs is 4. The van der Waals surface area contributed by atoms with E-state index in [4.69, 9.17) is 4.74 Å². The average molecular weight is 436 g/mol. The summed E-state index contributed by atoms with van der Waals surface area (Å²) >= 11 is 0. The van der Waals surface area contributed by atoms with E-state index in [0.717, 1.165) is 36.8 Å². The molecule has 7 nitrogen and oxygen atoms in total. The van der Waals surface area contributed by atoms with Gasteiger partial charge in [-0.25, -0.2) is 0 Å². The number of hydrogen-bond acceptors (Lipinski definition) is 4. The molecule has 4 bridgehead atoms. The summed E-state index contributed by atoms with van der Waals surface area (Å²) in [6.45, 7) is -0.158. The van der Waals surface area contributed by atoms with E-state index in [2.05, 4.69) is 16.0 Å². The highest BCUT2D eigenvalue weighted by molar-refractivity contribution is 5.90. The van der Waals surface area contributed by atoms with Crippen molar-refractivity contribution in [2.75, 3.05) is 6.54 Å². The van der Waals surface area contributed by atoms with Gasteiger partial charge >= 0.3 is 0 Å². The van der Waals surface area contributed by atoms with Gasteiger partial charge in [0.25, 0.3) is 0 Å². The standard InChI is InChI=1S/C25H29N3O4/c29-23-12-11-17-5-3-9-20(13-17)32-21-10-4-6-18(14-21)15-22(28-24(30)16-26-23)25(31)27-19-7-1-2-8-19/h3-6,9-10,13-14,19,22H,1-2,7-8,11-12,15-16H2,(H,26,29)(H,27,31)(H,28,30). The van der Waals surface area contributed by atoms with Gasteiger partial charge in [0.05, 0.1) is 6.54 Å². The van der Waals surface area contributed by atoms with E-state index in [1.165, 1.54) is 0 Å². The van der Waals surface area contributed by atoms with E-state index in [9.17, 15) is 14.4 Å². The fourth-order valence-corrected chi connectivity index (χ4v) is 4.22. The largest absolute Gasteiger partial charge is 0.457 e. The van der Waals surface area contributed by atoms with Gasteiger partial charge in [-0.15, -0.1) is 0 Å². The zero-order valence-electron chi connectivity index (χ0n) is 18.1. The van der Waals surface area contributed by atoms with Gasteiger partial charge in [-0.05, 0) is 54.7 Å². The molecular weight excluding hydrogens is 406 g/mol. The van der Waals surface area contributed by atoms with Crippen molar-refractivity contribution < 1.29 is 19.1 Å². The lowest BCUT2D eigenvalue weighted by molar-refractivity contribution is -0.130. The molecule has 1 fully saturated rings. The number of aryl methyl sites for hydroxylation is 1. The van der Waals surface area contributed by atoms with Crippen LogP contribution in [0.1, 0.15) is 43.2 Å². The second-order valence-corrected chi connectivity index (χ2v) is 8.49. The number of carbonyl (C=O) groups is 3.